The molecule has 0 fully saturated rings. The van der Waals surface area contributed by atoms with E-state index in [2.05, 4.69) is 10.3 Å². The van der Waals surface area contributed by atoms with Crippen molar-refractivity contribution < 1.29 is 18.0 Å². The topological polar surface area (TPSA) is 42.0 Å². The lowest BCUT2D eigenvalue weighted by atomic mass is 10.1. The van der Waals surface area contributed by atoms with Gasteiger partial charge in [0.05, 0.1) is 17.7 Å². The first-order valence-electron chi connectivity index (χ1n) is 6.79. The summed E-state index contributed by atoms with van der Waals surface area (Å²) < 4.78 is 37.5. The highest BCUT2D eigenvalue weighted by Crippen LogP contribution is 2.31. The number of nitrogens with zero attached hydrogens (tertiary/aromatic N) is 1. The van der Waals surface area contributed by atoms with Crippen LogP contribution in [0.4, 0.5) is 13.2 Å². The molecule has 0 saturated carbocycles. The van der Waals surface area contributed by atoms with Crippen LogP contribution in [0.15, 0.2) is 29.6 Å². The summed E-state index contributed by atoms with van der Waals surface area (Å²) in [6, 6.07) is 4.85. The summed E-state index contributed by atoms with van der Waals surface area (Å²) in [5.74, 6) is -0.105. The van der Waals surface area contributed by atoms with E-state index >= 15 is 0 Å². The number of thiazole rings is 1. The van der Waals surface area contributed by atoms with Crippen LogP contribution in [0.3, 0.4) is 0 Å². The molecule has 0 saturated heterocycles. The van der Waals surface area contributed by atoms with Gasteiger partial charge in [-0.3, -0.25) is 4.79 Å². The van der Waals surface area contributed by atoms with Gasteiger partial charge >= 0.3 is 6.18 Å². The van der Waals surface area contributed by atoms with Crippen LogP contribution in [0, 0.1) is 0 Å². The molecule has 0 aliphatic carbocycles. The second kappa shape index (κ2) is 6.91. The molecule has 3 nitrogen and oxygen atoms in total. The maximum atomic E-state index is 12.5. The minimum absolute atomic E-state index is 0.105. The predicted molar refractivity (Wildman–Crippen MR) is 79.6 cm³/mol. The van der Waals surface area contributed by atoms with Crippen molar-refractivity contribution in [1.82, 2.24) is 10.3 Å². The van der Waals surface area contributed by atoms with E-state index in [4.69, 9.17) is 0 Å². The molecule has 7 heteroatoms. The number of carbonyl (C=O) groups excluding carboxylic acids is 1. The molecule has 1 amide bonds. The van der Waals surface area contributed by atoms with Gasteiger partial charge in [-0.1, -0.05) is 19.1 Å². The molecule has 2 rings (SSSR count). The fourth-order valence-electron chi connectivity index (χ4n) is 1.81. The predicted octanol–water partition coefficient (Wildman–Crippen LogP) is 3.90. The molecule has 0 bridgehead atoms. The number of hydrogen-bond acceptors (Lipinski definition) is 3. The lowest BCUT2D eigenvalue weighted by Crippen LogP contribution is -2.25. The van der Waals surface area contributed by atoms with Crippen LogP contribution in [-0.2, 0) is 17.4 Å². The number of hydrogen-bond donors (Lipinski definition) is 1. The van der Waals surface area contributed by atoms with Crippen LogP contribution in [0.2, 0.25) is 0 Å². The van der Waals surface area contributed by atoms with E-state index in [0.717, 1.165) is 18.6 Å². The van der Waals surface area contributed by atoms with Crippen molar-refractivity contribution in [2.24, 2.45) is 0 Å². The van der Waals surface area contributed by atoms with Gasteiger partial charge in [0.1, 0.15) is 5.01 Å². The number of rotatable bonds is 5. The van der Waals surface area contributed by atoms with Crippen molar-refractivity contribution in [2.45, 2.75) is 25.9 Å². The van der Waals surface area contributed by atoms with E-state index in [0.29, 0.717) is 22.8 Å². The van der Waals surface area contributed by atoms with Gasteiger partial charge in [0, 0.05) is 17.5 Å². The molecular formula is C15H15F3N2OS. The highest BCUT2D eigenvalue weighted by Gasteiger charge is 2.30. The van der Waals surface area contributed by atoms with Crippen LogP contribution in [0.5, 0.6) is 0 Å². The van der Waals surface area contributed by atoms with Crippen molar-refractivity contribution >= 4 is 17.2 Å². The third-order valence-corrected chi connectivity index (χ3v) is 3.86. The normalized spacial score (nSPS) is 11.5. The average Bonchev–Trinajstić information content (AvgIpc) is 2.93. The molecule has 1 heterocycles. The minimum Gasteiger partial charge on any atom is -0.356 e. The zero-order chi connectivity index (χ0) is 16.2. The van der Waals surface area contributed by atoms with E-state index in [9.17, 15) is 18.0 Å². The molecule has 1 N–H and O–H groups in total. The fourth-order valence-corrected chi connectivity index (χ4v) is 2.64. The summed E-state index contributed by atoms with van der Waals surface area (Å²) in [5.41, 5.74) is 0.540. The maximum Gasteiger partial charge on any atom is 0.416 e. The van der Waals surface area contributed by atoms with Crippen LogP contribution in [0.1, 0.15) is 24.6 Å². The first-order chi connectivity index (χ1) is 10.4. The molecule has 2 aromatic rings. The van der Waals surface area contributed by atoms with Crippen molar-refractivity contribution in [3.8, 4) is 10.6 Å². The van der Waals surface area contributed by atoms with E-state index in [-0.39, 0.29) is 12.3 Å². The van der Waals surface area contributed by atoms with Gasteiger partial charge in [-0.05, 0) is 18.6 Å². The first-order valence-corrected chi connectivity index (χ1v) is 7.67. The Morgan fingerprint density at radius 1 is 1.27 bits per heavy atom. The summed E-state index contributed by atoms with van der Waals surface area (Å²) in [6.45, 7) is 2.58. The Labute approximate surface area is 130 Å². The largest absolute Gasteiger partial charge is 0.416 e. The van der Waals surface area contributed by atoms with Crippen LogP contribution in [0.25, 0.3) is 10.6 Å². The lowest BCUT2D eigenvalue weighted by Gasteiger charge is -2.06. The molecule has 0 aliphatic rings. The van der Waals surface area contributed by atoms with Crippen LogP contribution < -0.4 is 5.32 Å². The Balaban J connectivity index is 2.06. The van der Waals surface area contributed by atoms with E-state index in [1.807, 2.05) is 6.92 Å². The Morgan fingerprint density at radius 2 is 1.95 bits per heavy atom. The summed E-state index contributed by atoms with van der Waals surface area (Å²) in [6.07, 6.45) is -3.30. The number of halogens is 3. The molecule has 0 unspecified atom stereocenters. The fraction of sp³-hybridized carbons (Fsp3) is 0.333. The molecule has 1 aromatic carbocycles. The van der Waals surface area contributed by atoms with E-state index in [1.165, 1.54) is 23.5 Å². The number of nitrogens with one attached hydrogen (secondary N) is 1. The number of benzene rings is 1. The highest BCUT2D eigenvalue weighted by molar-refractivity contribution is 7.13. The zero-order valence-corrected chi connectivity index (χ0v) is 12.7. The van der Waals surface area contributed by atoms with Crippen molar-refractivity contribution in [2.75, 3.05) is 6.54 Å². The number of amides is 1. The smallest absolute Gasteiger partial charge is 0.356 e. The van der Waals surface area contributed by atoms with Gasteiger partial charge < -0.3 is 5.32 Å². The zero-order valence-electron chi connectivity index (χ0n) is 11.9. The maximum absolute atomic E-state index is 12.5. The van der Waals surface area contributed by atoms with Crippen molar-refractivity contribution in [3.63, 3.8) is 0 Å². The average molecular weight is 328 g/mol. The van der Waals surface area contributed by atoms with E-state index in [1.54, 1.807) is 5.38 Å². The Morgan fingerprint density at radius 3 is 2.55 bits per heavy atom. The standard InChI is InChI=1S/C15H15F3N2OS/c1-2-7-19-13(21)8-12-9-22-14(20-12)10-3-5-11(6-4-10)15(16,17)18/h3-6,9H,2,7-8H2,1H3,(H,19,21). The number of alkyl halides is 3. The van der Waals surface area contributed by atoms with Gasteiger partial charge in [0.25, 0.3) is 0 Å². The molecule has 1 aromatic heterocycles. The number of aromatic nitrogens is 1. The molecular weight excluding hydrogens is 313 g/mol. The van der Waals surface area contributed by atoms with Crippen molar-refractivity contribution in [3.05, 3.63) is 40.9 Å². The summed E-state index contributed by atoms with van der Waals surface area (Å²) in [7, 11) is 0. The summed E-state index contributed by atoms with van der Waals surface area (Å²) >= 11 is 1.31. The lowest BCUT2D eigenvalue weighted by molar-refractivity contribution is -0.137. The van der Waals surface area contributed by atoms with Crippen LogP contribution >= 0.6 is 11.3 Å². The van der Waals surface area contributed by atoms with E-state index < -0.39 is 11.7 Å². The third-order valence-electron chi connectivity index (χ3n) is 2.92. The van der Waals surface area contributed by atoms with Gasteiger partial charge in [0.2, 0.25) is 5.91 Å². The third kappa shape index (κ3) is 4.30. The molecule has 0 spiro atoms. The molecule has 0 aliphatic heterocycles. The SMILES string of the molecule is CCCNC(=O)Cc1csc(-c2ccc(C(F)(F)F)cc2)n1. The summed E-state index contributed by atoms with van der Waals surface area (Å²) in [4.78, 5) is 15.9. The molecule has 0 radical (unpaired) electrons. The number of carbonyl (C=O) groups is 1. The van der Waals surface area contributed by atoms with Crippen molar-refractivity contribution in [1.29, 1.82) is 0 Å². The van der Waals surface area contributed by atoms with Crippen LogP contribution in [-0.4, -0.2) is 17.4 Å². The van der Waals surface area contributed by atoms with Gasteiger partial charge in [-0.2, -0.15) is 13.2 Å². The van der Waals surface area contributed by atoms with Gasteiger partial charge in [0.15, 0.2) is 0 Å². The first kappa shape index (κ1) is 16.5. The molecule has 22 heavy (non-hydrogen) atoms. The Hall–Kier alpha value is -1.89. The highest BCUT2D eigenvalue weighted by atomic mass is 32.1. The molecule has 118 valence electrons. The quantitative estimate of drug-likeness (QED) is 0.904. The second-order valence-electron chi connectivity index (χ2n) is 4.75. The Kier molecular flexibility index (Phi) is 5.18. The monoisotopic (exact) mass is 328 g/mol. The molecule has 0 atom stereocenters. The Bertz CT molecular complexity index is 635. The summed E-state index contributed by atoms with van der Waals surface area (Å²) in [5, 5.41) is 5.11. The minimum atomic E-state index is -4.34. The van der Waals surface area contributed by atoms with Gasteiger partial charge in [-0.15, -0.1) is 11.3 Å². The second-order valence-corrected chi connectivity index (χ2v) is 5.60. The van der Waals surface area contributed by atoms with Gasteiger partial charge in [-0.25, -0.2) is 4.98 Å².